The zero-order valence-electron chi connectivity index (χ0n) is 12.4. The summed E-state index contributed by atoms with van der Waals surface area (Å²) >= 11 is 5.29. The van der Waals surface area contributed by atoms with Crippen LogP contribution < -0.4 is 10.6 Å². The van der Waals surface area contributed by atoms with E-state index in [1.807, 2.05) is 12.1 Å². The Kier molecular flexibility index (Phi) is 4.91. The zero-order chi connectivity index (χ0) is 15.4. The van der Waals surface area contributed by atoms with Crippen molar-refractivity contribution in [2.45, 2.75) is 26.7 Å². The monoisotopic (exact) mass is 302 g/mol. The highest BCUT2D eigenvalue weighted by molar-refractivity contribution is 7.80. The van der Waals surface area contributed by atoms with E-state index in [1.165, 1.54) is 11.6 Å². The van der Waals surface area contributed by atoms with Crippen LogP contribution in [0.15, 0.2) is 42.5 Å². The van der Waals surface area contributed by atoms with E-state index in [4.69, 9.17) is 12.2 Å². The standard InChI is InChI=1S/C17H19FN2S/c1-11(2)13-5-4-6-14(10-13)19-17(21)20-15-7-8-16(18)12(3)9-15/h4-11H,1-3H3,(H2,19,20,21). The fourth-order valence-corrected chi connectivity index (χ4v) is 2.23. The fraction of sp³-hybridized carbons (Fsp3) is 0.235. The molecule has 110 valence electrons. The quantitative estimate of drug-likeness (QED) is 0.774. The van der Waals surface area contributed by atoms with E-state index in [9.17, 15) is 4.39 Å². The molecule has 0 aliphatic carbocycles. The molecule has 2 aromatic rings. The molecule has 0 spiro atoms. The van der Waals surface area contributed by atoms with Gasteiger partial charge in [0.15, 0.2) is 5.11 Å². The van der Waals surface area contributed by atoms with Gasteiger partial charge in [0.2, 0.25) is 0 Å². The molecule has 0 bridgehead atoms. The van der Waals surface area contributed by atoms with Crippen LogP contribution in [0.5, 0.6) is 0 Å². The van der Waals surface area contributed by atoms with Crippen molar-refractivity contribution in [1.82, 2.24) is 0 Å². The lowest BCUT2D eigenvalue weighted by atomic mass is 10.0. The lowest BCUT2D eigenvalue weighted by Gasteiger charge is -2.13. The van der Waals surface area contributed by atoms with Gasteiger partial charge in [-0.05, 0) is 66.5 Å². The summed E-state index contributed by atoms with van der Waals surface area (Å²) in [5, 5.41) is 6.69. The minimum absolute atomic E-state index is 0.218. The smallest absolute Gasteiger partial charge is 0.175 e. The Bertz CT molecular complexity index is 653. The SMILES string of the molecule is Cc1cc(NC(=S)Nc2cccc(C(C)C)c2)ccc1F. The molecule has 0 fully saturated rings. The van der Waals surface area contributed by atoms with E-state index in [1.54, 1.807) is 19.1 Å². The van der Waals surface area contributed by atoms with Crippen LogP contribution in [-0.2, 0) is 0 Å². The van der Waals surface area contributed by atoms with Gasteiger partial charge in [-0.1, -0.05) is 26.0 Å². The molecule has 0 radical (unpaired) electrons. The number of nitrogens with one attached hydrogen (secondary N) is 2. The van der Waals surface area contributed by atoms with Gasteiger partial charge in [-0.15, -0.1) is 0 Å². The first-order valence-electron chi connectivity index (χ1n) is 6.90. The minimum atomic E-state index is -0.218. The molecule has 0 saturated carbocycles. The van der Waals surface area contributed by atoms with E-state index in [0.717, 1.165) is 11.4 Å². The molecule has 4 heteroatoms. The lowest BCUT2D eigenvalue weighted by molar-refractivity contribution is 0.619. The number of hydrogen-bond acceptors (Lipinski definition) is 1. The predicted octanol–water partition coefficient (Wildman–Crippen LogP) is 5.07. The Morgan fingerprint density at radius 2 is 1.71 bits per heavy atom. The fourth-order valence-electron chi connectivity index (χ4n) is 1.99. The molecule has 0 saturated heterocycles. The van der Waals surface area contributed by atoms with Crippen LogP contribution in [0.1, 0.15) is 30.9 Å². The largest absolute Gasteiger partial charge is 0.332 e. The second-order valence-electron chi connectivity index (χ2n) is 5.32. The van der Waals surface area contributed by atoms with E-state index in [0.29, 0.717) is 16.6 Å². The maximum absolute atomic E-state index is 13.2. The highest BCUT2D eigenvalue weighted by atomic mass is 32.1. The molecule has 0 atom stereocenters. The molecular weight excluding hydrogens is 283 g/mol. The average Bonchev–Trinajstić information content (AvgIpc) is 2.43. The maximum atomic E-state index is 13.2. The second kappa shape index (κ2) is 6.68. The predicted molar refractivity (Wildman–Crippen MR) is 91.5 cm³/mol. The minimum Gasteiger partial charge on any atom is -0.332 e. The number of aryl methyl sites for hydroxylation is 1. The van der Waals surface area contributed by atoms with Crippen molar-refractivity contribution in [3.05, 3.63) is 59.4 Å². The Hall–Kier alpha value is -1.94. The molecule has 0 unspecified atom stereocenters. The van der Waals surface area contributed by atoms with Gasteiger partial charge in [-0.3, -0.25) is 0 Å². The Balaban J connectivity index is 2.04. The third-order valence-corrected chi connectivity index (χ3v) is 3.43. The van der Waals surface area contributed by atoms with E-state index < -0.39 is 0 Å². The summed E-state index contributed by atoms with van der Waals surface area (Å²) in [5.41, 5.74) is 3.55. The number of rotatable bonds is 3. The summed E-state index contributed by atoms with van der Waals surface area (Å²) in [6, 6.07) is 13.0. The normalized spacial score (nSPS) is 10.5. The van der Waals surface area contributed by atoms with E-state index in [-0.39, 0.29) is 5.82 Å². The topological polar surface area (TPSA) is 24.1 Å². The first-order chi connectivity index (χ1) is 9.95. The van der Waals surface area contributed by atoms with Gasteiger partial charge in [0.1, 0.15) is 5.82 Å². The van der Waals surface area contributed by atoms with Gasteiger partial charge in [-0.25, -0.2) is 4.39 Å². The summed E-state index contributed by atoms with van der Waals surface area (Å²) < 4.78 is 13.2. The highest BCUT2D eigenvalue weighted by Gasteiger charge is 2.04. The summed E-state index contributed by atoms with van der Waals surface area (Å²) in [6.45, 7) is 6.02. The van der Waals surface area contributed by atoms with Crippen LogP contribution in [0.3, 0.4) is 0 Å². The molecule has 21 heavy (non-hydrogen) atoms. The zero-order valence-corrected chi connectivity index (χ0v) is 13.2. The average molecular weight is 302 g/mol. The van der Waals surface area contributed by atoms with Crippen LogP contribution in [0.2, 0.25) is 0 Å². The second-order valence-corrected chi connectivity index (χ2v) is 5.73. The van der Waals surface area contributed by atoms with Gasteiger partial charge in [0.25, 0.3) is 0 Å². The van der Waals surface area contributed by atoms with Crippen LogP contribution in [0.25, 0.3) is 0 Å². The summed E-state index contributed by atoms with van der Waals surface area (Å²) in [7, 11) is 0. The summed E-state index contributed by atoms with van der Waals surface area (Å²) in [6.07, 6.45) is 0. The summed E-state index contributed by atoms with van der Waals surface area (Å²) in [5.74, 6) is 0.247. The highest BCUT2D eigenvalue weighted by Crippen LogP contribution is 2.19. The van der Waals surface area contributed by atoms with Gasteiger partial charge in [-0.2, -0.15) is 0 Å². The summed E-state index contributed by atoms with van der Waals surface area (Å²) in [4.78, 5) is 0. The molecule has 0 aliphatic rings. The third kappa shape index (κ3) is 4.26. The van der Waals surface area contributed by atoms with Crippen LogP contribution in [0, 0.1) is 12.7 Å². The molecule has 2 aromatic carbocycles. The first-order valence-corrected chi connectivity index (χ1v) is 7.30. The lowest BCUT2D eigenvalue weighted by Crippen LogP contribution is -2.19. The number of hydrogen-bond donors (Lipinski definition) is 2. The van der Waals surface area contributed by atoms with Gasteiger partial charge < -0.3 is 10.6 Å². The van der Waals surface area contributed by atoms with Crippen LogP contribution in [-0.4, -0.2) is 5.11 Å². The number of benzene rings is 2. The van der Waals surface area contributed by atoms with Crippen molar-refractivity contribution in [2.24, 2.45) is 0 Å². The number of thiocarbonyl (C=S) groups is 1. The molecule has 0 aliphatic heterocycles. The Morgan fingerprint density at radius 3 is 2.33 bits per heavy atom. The van der Waals surface area contributed by atoms with Crippen molar-refractivity contribution < 1.29 is 4.39 Å². The van der Waals surface area contributed by atoms with Crippen molar-refractivity contribution in [3.63, 3.8) is 0 Å². The number of halogens is 1. The van der Waals surface area contributed by atoms with Crippen LogP contribution >= 0.6 is 12.2 Å². The van der Waals surface area contributed by atoms with Gasteiger partial charge >= 0.3 is 0 Å². The Morgan fingerprint density at radius 1 is 1.05 bits per heavy atom. The van der Waals surface area contributed by atoms with E-state index >= 15 is 0 Å². The molecule has 0 aromatic heterocycles. The molecule has 2 rings (SSSR count). The third-order valence-electron chi connectivity index (χ3n) is 3.23. The van der Waals surface area contributed by atoms with Crippen molar-refractivity contribution in [3.8, 4) is 0 Å². The van der Waals surface area contributed by atoms with E-state index in [2.05, 4.69) is 36.6 Å². The molecule has 0 amide bonds. The van der Waals surface area contributed by atoms with Crippen molar-refractivity contribution >= 4 is 28.7 Å². The Labute approximate surface area is 130 Å². The van der Waals surface area contributed by atoms with Crippen LogP contribution in [0.4, 0.5) is 15.8 Å². The molecule has 0 heterocycles. The van der Waals surface area contributed by atoms with Gasteiger partial charge in [0, 0.05) is 11.4 Å². The molecular formula is C17H19FN2S. The van der Waals surface area contributed by atoms with Crippen molar-refractivity contribution in [2.75, 3.05) is 10.6 Å². The molecule has 2 N–H and O–H groups in total. The number of anilines is 2. The van der Waals surface area contributed by atoms with Gasteiger partial charge in [0.05, 0.1) is 0 Å². The molecule has 2 nitrogen and oxygen atoms in total. The maximum Gasteiger partial charge on any atom is 0.175 e. The van der Waals surface area contributed by atoms with Crippen molar-refractivity contribution in [1.29, 1.82) is 0 Å². The first kappa shape index (κ1) is 15.4.